The van der Waals surface area contributed by atoms with Gasteiger partial charge in [0.1, 0.15) is 5.65 Å². The number of carbonyl (C=O) groups excluding carboxylic acids is 1. The van der Waals surface area contributed by atoms with E-state index >= 15 is 0 Å². The molecule has 0 saturated carbocycles. The summed E-state index contributed by atoms with van der Waals surface area (Å²) in [4.78, 5) is 19.9. The summed E-state index contributed by atoms with van der Waals surface area (Å²) >= 11 is 0. The zero-order valence-electron chi connectivity index (χ0n) is 19.1. The molecule has 2 heterocycles. The van der Waals surface area contributed by atoms with Crippen molar-refractivity contribution in [1.82, 2.24) is 14.7 Å². The van der Waals surface area contributed by atoms with Crippen molar-refractivity contribution in [3.05, 3.63) is 102 Å². The smallest absolute Gasteiger partial charge is 0.221 e. The first-order chi connectivity index (χ1) is 15.4. The van der Waals surface area contributed by atoms with Gasteiger partial charge in [0.25, 0.3) is 0 Å². The third-order valence-electron chi connectivity index (χ3n) is 5.99. The molecule has 1 N–H and O–H groups in total. The second-order valence-corrected chi connectivity index (χ2v) is 8.51. The van der Waals surface area contributed by atoms with Crippen molar-refractivity contribution in [3.8, 4) is 0 Å². The van der Waals surface area contributed by atoms with Gasteiger partial charge in [0.05, 0.1) is 11.7 Å². The van der Waals surface area contributed by atoms with Crippen LogP contribution in [0.25, 0.3) is 5.65 Å². The Bertz CT molecular complexity index is 1200. The molecule has 5 nitrogen and oxygen atoms in total. The van der Waals surface area contributed by atoms with Gasteiger partial charge in [-0.1, -0.05) is 48.5 Å². The van der Waals surface area contributed by atoms with Crippen molar-refractivity contribution in [2.75, 3.05) is 19.0 Å². The number of pyridine rings is 1. The molecule has 0 bridgehead atoms. The zero-order chi connectivity index (χ0) is 22.7. The van der Waals surface area contributed by atoms with Crippen molar-refractivity contribution < 1.29 is 4.79 Å². The summed E-state index contributed by atoms with van der Waals surface area (Å²) in [5.74, 6) is -0.0865. The van der Waals surface area contributed by atoms with Gasteiger partial charge in [-0.15, -0.1) is 0 Å². The molecular formula is C27H30N4O. The maximum Gasteiger partial charge on any atom is 0.221 e. The first kappa shape index (κ1) is 21.6. The molecule has 4 rings (SSSR count). The monoisotopic (exact) mass is 426 g/mol. The number of aromatic nitrogens is 2. The molecule has 2 aromatic carbocycles. The maximum absolute atomic E-state index is 13.1. The largest absolute Gasteiger partial charge is 0.378 e. The van der Waals surface area contributed by atoms with Gasteiger partial charge < -0.3 is 14.6 Å². The number of nitrogens with zero attached hydrogens (tertiary/aromatic N) is 3. The summed E-state index contributed by atoms with van der Waals surface area (Å²) in [6.45, 7) is 4.08. The Morgan fingerprint density at radius 2 is 1.72 bits per heavy atom. The first-order valence-electron chi connectivity index (χ1n) is 11.0. The van der Waals surface area contributed by atoms with Gasteiger partial charge in [-0.25, -0.2) is 4.98 Å². The predicted octanol–water partition coefficient (Wildman–Crippen LogP) is 5.11. The highest BCUT2D eigenvalue weighted by Crippen LogP contribution is 2.31. The highest BCUT2D eigenvalue weighted by molar-refractivity contribution is 5.78. The summed E-state index contributed by atoms with van der Waals surface area (Å²) < 4.78 is 2.10. The van der Waals surface area contributed by atoms with Crippen LogP contribution in [0.4, 0.5) is 5.69 Å². The van der Waals surface area contributed by atoms with Crippen LogP contribution in [0.5, 0.6) is 0 Å². The number of carbonyl (C=O) groups is 1. The van der Waals surface area contributed by atoms with Gasteiger partial charge in [0, 0.05) is 44.5 Å². The van der Waals surface area contributed by atoms with Gasteiger partial charge in [0.2, 0.25) is 5.91 Å². The summed E-state index contributed by atoms with van der Waals surface area (Å²) in [5, 5.41) is 3.17. The van der Waals surface area contributed by atoms with Crippen LogP contribution in [0.3, 0.4) is 0 Å². The molecule has 2 atom stereocenters. The van der Waals surface area contributed by atoms with E-state index in [9.17, 15) is 4.79 Å². The van der Waals surface area contributed by atoms with Crippen LogP contribution in [0.1, 0.15) is 47.7 Å². The van der Waals surface area contributed by atoms with Crippen LogP contribution in [0.15, 0.2) is 79.1 Å². The van der Waals surface area contributed by atoms with Gasteiger partial charge >= 0.3 is 0 Å². The Hall–Kier alpha value is -3.60. The third kappa shape index (κ3) is 4.52. The highest BCUT2D eigenvalue weighted by atomic mass is 16.1. The number of hydrogen-bond acceptors (Lipinski definition) is 3. The molecule has 2 aromatic heterocycles. The van der Waals surface area contributed by atoms with Crippen LogP contribution in [0, 0.1) is 6.92 Å². The molecule has 32 heavy (non-hydrogen) atoms. The topological polar surface area (TPSA) is 49.6 Å². The van der Waals surface area contributed by atoms with Gasteiger partial charge in [0.15, 0.2) is 0 Å². The minimum absolute atomic E-state index is 0.0191. The van der Waals surface area contributed by atoms with Crippen molar-refractivity contribution in [3.63, 3.8) is 0 Å². The fourth-order valence-electron chi connectivity index (χ4n) is 4.14. The van der Waals surface area contributed by atoms with Crippen molar-refractivity contribution in [1.29, 1.82) is 0 Å². The summed E-state index contributed by atoms with van der Waals surface area (Å²) in [6.07, 6.45) is 4.28. The Balaban J connectivity index is 1.66. The lowest BCUT2D eigenvalue weighted by atomic mass is 9.91. The van der Waals surface area contributed by atoms with Crippen LogP contribution >= 0.6 is 0 Å². The highest BCUT2D eigenvalue weighted by Gasteiger charge is 2.23. The Kier molecular flexibility index (Phi) is 6.26. The number of rotatable bonds is 7. The summed E-state index contributed by atoms with van der Waals surface area (Å²) in [6, 6.07) is 22.5. The molecular weight excluding hydrogens is 396 g/mol. The molecule has 5 heteroatoms. The predicted molar refractivity (Wildman–Crippen MR) is 130 cm³/mol. The second kappa shape index (κ2) is 9.27. The molecule has 1 amide bonds. The fraction of sp³-hybridized carbons (Fsp3) is 0.259. The van der Waals surface area contributed by atoms with Crippen LogP contribution in [-0.2, 0) is 4.79 Å². The van der Waals surface area contributed by atoms with E-state index in [1.807, 2.05) is 69.8 Å². The Morgan fingerprint density at radius 1 is 1.00 bits per heavy atom. The van der Waals surface area contributed by atoms with E-state index in [0.717, 1.165) is 33.7 Å². The fourth-order valence-corrected chi connectivity index (χ4v) is 4.14. The number of aryl methyl sites for hydroxylation is 1. The number of fused-ring (bicyclic) bond motifs is 1. The summed E-state index contributed by atoms with van der Waals surface area (Å²) in [7, 11) is 4.05. The van der Waals surface area contributed by atoms with Gasteiger partial charge in [-0.05, 0) is 48.7 Å². The van der Waals surface area contributed by atoms with Crippen LogP contribution in [-0.4, -0.2) is 29.4 Å². The molecule has 0 aliphatic carbocycles. The van der Waals surface area contributed by atoms with Gasteiger partial charge in [-0.3, -0.25) is 4.79 Å². The number of amides is 1. The van der Waals surface area contributed by atoms with Crippen molar-refractivity contribution in [2.45, 2.75) is 32.2 Å². The minimum atomic E-state index is -0.106. The average molecular weight is 427 g/mol. The minimum Gasteiger partial charge on any atom is -0.378 e. The lowest BCUT2D eigenvalue weighted by molar-refractivity contribution is -0.122. The molecule has 0 unspecified atom stereocenters. The van der Waals surface area contributed by atoms with Crippen molar-refractivity contribution in [2.24, 2.45) is 0 Å². The first-order valence-corrected chi connectivity index (χ1v) is 11.0. The Morgan fingerprint density at radius 3 is 2.41 bits per heavy atom. The molecule has 0 radical (unpaired) electrons. The lowest BCUT2D eigenvalue weighted by Crippen LogP contribution is -2.28. The molecule has 164 valence electrons. The van der Waals surface area contributed by atoms with Crippen molar-refractivity contribution >= 4 is 17.2 Å². The molecule has 4 aromatic rings. The molecule has 0 spiro atoms. The molecule has 0 saturated heterocycles. The Labute approximate surface area is 189 Å². The molecule has 0 fully saturated rings. The average Bonchev–Trinajstić information content (AvgIpc) is 3.23. The number of nitrogens with one attached hydrogen (secondary N) is 1. The summed E-state index contributed by atoms with van der Waals surface area (Å²) in [5.41, 5.74) is 6.38. The van der Waals surface area contributed by atoms with E-state index in [1.54, 1.807) is 0 Å². The van der Waals surface area contributed by atoms with E-state index in [4.69, 9.17) is 0 Å². The number of hydrogen-bond donors (Lipinski definition) is 1. The van der Waals surface area contributed by atoms with Gasteiger partial charge in [-0.2, -0.15) is 0 Å². The van der Waals surface area contributed by atoms with Crippen LogP contribution < -0.4 is 10.2 Å². The van der Waals surface area contributed by atoms with E-state index in [1.165, 1.54) is 0 Å². The normalized spacial score (nSPS) is 13.0. The number of benzene rings is 2. The quantitative estimate of drug-likeness (QED) is 0.447. The SMILES string of the molecule is Cc1cccn2c([C@H](CC(=O)N[C@H](C)c3ccccc3)c3ccc(N(C)C)cc3)cnc12. The third-order valence-corrected chi connectivity index (χ3v) is 5.99. The van der Waals surface area contributed by atoms with E-state index in [2.05, 4.69) is 56.9 Å². The van der Waals surface area contributed by atoms with E-state index in [-0.39, 0.29) is 17.9 Å². The number of anilines is 1. The maximum atomic E-state index is 13.1. The second-order valence-electron chi connectivity index (χ2n) is 8.51. The lowest BCUT2D eigenvalue weighted by Gasteiger charge is -2.21. The van der Waals surface area contributed by atoms with Crippen LogP contribution in [0.2, 0.25) is 0 Å². The molecule has 0 aliphatic heterocycles. The van der Waals surface area contributed by atoms with E-state index in [0.29, 0.717) is 6.42 Å². The standard InChI is InChI=1S/C27H30N4O/c1-19-9-8-16-31-25(18-28-27(19)31)24(22-12-14-23(15-13-22)30(3)4)17-26(32)29-20(2)21-10-6-5-7-11-21/h5-16,18,20,24H,17H2,1-4H3,(H,29,32)/t20-,24-/m1/s1. The zero-order valence-corrected chi connectivity index (χ0v) is 19.1. The number of imidazole rings is 1. The molecule has 0 aliphatic rings. The van der Waals surface area contributed by atoms with E-state index < -0.39 is 0 Å².